The average molecular weight is 540 g/mol. The quantitative estimate of drug-likeness (QED) is 0.171. The minimum absolute atomic E-state index is 0. The summed E-state index contributed by atoms with van der Waals surface area (Å²) in [4.78, 5) is 15.8. The molecule has 6 nitrogen and oxygen atoms in total. The molecule has 0 aromatic heterocycles. The normalized spacial score (nSPS) is 14.2. The van der Waals surface area contributed by atoms with E-state index in [9.17, 15) is 4.79 Å². The van der Waals surface area contributed by atoms with Crippen LogP contribution in [0.4, 0.5) is 5.69 Å². The van der Waals surface area contributed by atoms with Crippen LogP contribution < -0.4 is 19.9 Å². The van der Waals surface area contributed by atoms with Crippen molar-refractivity contribution in [1.82, 2.24) is 4.90 Å². The van der Waals surface area contributed by atoms with Gasteiger partial charge in [-0.15, -0.1) is 12.4 Å². The predicted octanol–water partition coefficient (Wildman–Crippen LogP) is 6.81. The highest BCUT2D eigenvalue weighted by Crippen LogP contribution is 2.32. The number of anilines is 1. The number of methoxy groups -OCH3 is 2. The highest BCUT2D eigenvalue weighted by Gasteiger charge is 2.22. The van der Waals surface area contributed by atoms with E-state index in [2.05, 4.69) is 11.8 Å². The van der Waals surface area contributed by atoms with Gasteiger partial charge in [0, 0.05) is 18.6 Å². The highest BCUT2D eigenvalue weighted by molar-refractivity contribution is 6.33. The molecule has 0 radical (unpaired) electrons. The fraction of sp³-hybridized carbons (Fsp3) is 0.536. The van der Waals surface area contributed by atoms with Gasteiger partial charge in [-0.25, -0.2) is 0 Å². The Hall–Kier alpha value is -2.15. The molecule has 3 rings (SSSR count). The maximum absolute atomic E-state index is 13.2. The number of unbranched alkanes of at least 4 members (excludes halogenated alkanes) is 2. The zero-order valence-corrected chi connectivity index (χ0v) is 23.3. The first kappa shape index (κ1) is 30.1. The highest BCUT2D eigenvalue weighted by atomic mass is 35.5. The van der Waals surface area contributed by atoms with Crippen LogP contribution in [0.15, 0.2) is 30.3 Å². The summed E-state index contributed by atoms with van der Waals surface area (Å²) in [5.74, 6) is 2.41. The molecule has 0 aliphatic carbocycles. The molecule has 0 atom stereocenters. The summed E-state index contributed by atoms with van der Waals surface area (Å²) >= 11 is 6.27. The summed E-state index contributed by atoms with van der Waals surface area (Å²) in [7, 11) is 3.21. The molecule has 1 heterocycles. The van der Waals surface area contributed by atoms with Gasteiger partial charge in [0.15, 0.2) is 5.78 Å². The first-order chi connectivity index (χ1) is 16.9. The number of nitrogens with zero attached hydrogens (tertiary/aromatic N) is 1. The Morgan fingerprint density at radius 3 is 2.33 bits per heavy atom. The second kappa shape index (κ2) is 15.2. The van der Waals surface area contributed by atoms with Crippen molar-refractivity contribution in [1.29, 1.82) is 0 Å². The third-order valence-electron chi connectivity index (χ3n) is 6.77. The van der Waals surface area contributed by atoms with Crippen molar-refractivity contribution in [3.63, 3.8) is 0 Å². The van der Waals surface area contributed by atoms with Gasteiger partial charge in [-0.3, -0.25) is 4.79 Å². The van der Waals surface area contributed by atoms with Gasteiger partial charge in [0.1, 0.15) is 23.9 Å². The van der Waals surface area contributed by atoms with E-state index in [1.807, 2.05) is 12.1 Å². The monoisotopic (exact) mass is 538 g/mol. The Balaban J connectivity index is 0.00000456. The van der Waals surface area contributed by atoms with Crippen LogP contribution in [-0.4, -0.2) is 44.5 Å². The van der Waals surface area contributed by atoms with Crippen molar-refractivity contribution in [3.8, 4) is 17.2 Å². The third-order valence-corrected chi connectivity index (χ3v) is 7.10. The molecule has 2 aromatic carbocycles. The second-order valence-corrected chi connectivity index (χ2v) is 9.74. The second-order valence-electron chi connectivity index (χ2n) is 9.33. The van der Waals surface area contributed by atoms with E-state index in [0.29, 0.717) is 45.9 Å². The lowest BCUT2D eigenvalue weighted by atomic mass is 9.90. The number of rotatable bonds is 13. The number of ketones is 1. The van der Waals surface area contributed by atoms with Crippen LogP contribution in [0.2, 0.25) is 5.02 Å². The lowest BCUT2D eigenvalue weighted by Crippen LogP contribution is -2.34. The van der Waals surface area contributed by atoms with Crippen molar-refractivity contribution < 1.29 is 19.0 Å². The number of hydrogen-bond donors (Lipinski definition) is 1. The molecule has 200 valence electrons. The number of benzene rings is 2. The zero-order valence-electron chi connectivity index (χ0n) is 21.7. The maximum atomic E-state index is 13.2. The zero-order chi connectivity index (χ0) is 25.2. The third kappa shape index (κ3) is 8.75. The van der Waals surface area contributed by atoms with Gasteiger partial charge in [-0.1, -0.05) is 31.4 Å². The number of nitrogens with two attached hydrogens (primary N) is 1. The molecule has 0 unspecified atom stereocenters. The Morgan fingerprint density at radius 1 is 1.06 bits per heavy atom. The van der Waals surface area contributed by atoms with Crippen LogP contribution >= 0.6 is 24.0 Å². The Morgan fingerprint density at radius 2 is 1.72 bits per heavy atom. The fourth-order valence-corrected chi connectivity index (χ4v) is 4.73. The van der Waals surface area contributed by atoms with E-state index in [1.54, 1.807) is 32.4 Å². The number of Topliss-reactive ketones (excluding diaryl/α,β-unsaturated/α-hetero) is 1. The molecule has 8 heteroatoms. The number of halogens is 2. The topological polar surface area (TPSA) is 74.0 Å². The van der Waals surface area contributed by atoms with Gasteiger partial charge in [0.25, 0.3) is 0 Å². The molecule has 36 heavy (non-hydrogen) atoms. The largest absolute Gasteiger partial charge is 0.497 e. The SMILES string of the molecule is CCCCCN1CCC(CCC(=O)c2cc(Cl)c(N)cc2OCc2cc(OC)cc(OC)c2)CC1.Cl. The summed E-state index contributed by atoms with van der Waals surface area (Å²) in [6.45, 7) is 5.95. The number of nitrogen functional groups attached to an aromatic ring is 1. The van der Waals surface area contributed by atoms with Crippen molar-refractivity contribution in [3.05, 3.63) is 46.5 Å². The Labute approximate surface area is 226 Å². The fourth-order valence-electron chi connectivity index (χ4n) is 4.57. The number of carbonyl (C=O) groups excluding carboxylic acids is 1. The van der Waals surface area contributed by atoms with E-state index in [4.69, 9.17) is 31.5 Å². The molecule has 0 spiro atoms. The summed E-state index contributed by atoms with van der Waals surface area (Å²) in [6.07, 6.45) is 7.51. The van der Waals surface area contributed by atoms with E-state index >= 15 is 0 Å². The van der Waals surface area contributed by atoms with Crippen molar-refractivity contribution >= 4 is 35.5 Å². The molecule has 0 bridgehead atoms. The summed E-state index contributed by atoms with van der Waals surface area (Å²) in [5, 5.41) is 0.365. The Bertz CT molecular complexity index is 956. The van der Waals surface area contributed by atoms with Crippen LogP contribution in [0.25, 0.3) is 0 Å². The number of likely N-dealkylation sites (tertiary alicyclic amines) is 1. The number of ether oxygens (including phenoxy) is 3. The summed E-state index contributed by atoms with van der Waals surface area (Å²) in [5.41, 5.74) is 7.76. The molecule has 1 fully saturated rings. The van der Waals surface area contributed by atoms with Crippen molar-refractivity contribution in [2.45, 2.75) is 58.5 Å². The lowest BCUT2D eigenvalue weighted by Gasteiger charge is -2.31. The van der Waals surface area contributed by atoms with Crippen molar-refractivity contribution in [2.75, 3.05) is 39.6 Å². The van der Waals surface area contributed by atoms with Gasteiger partial charge >= 0.3 is 0 Å². The molecular weight excluding hydrogens is 499 g/mol. The van der Waals surface area contributed by atoms with Crippen LogP contribution in [0.1, 0.15) is 67.8 Å². The molecule has 2 aromatic rings. The van der Waals surface area contributed by atoms with Crippen LogP contribution in [0.5, 0.6) is 17.2 Å². The van der Waals surface area contributed by atoms with Crippen LogP contribution in [-0.2, 0) is 6.61 Å². The molecule has 1 aliphatic heterocycles. The minimum atomic E-state index is 0. The predicted molar refractivity (Wildman–Crippen MR) is 149 cm³/mol. The van der Waals surface area contributed by atoms with Gasteiger partial charge in [0.05, 0.1) is 30.5 Å². The number of carbonyl (C=O) groups is 1. The van der Waals surface area contributed by atoms with Gasteiger partial charge in [-0.2, -0.15) is 0 Å². The maximum Gasteiger partial charge on any atom is 0.166 e. The minimum Gasteiger partial charge on any atom is -0.497 e. The number of piperidine rings is 1. The summed E-state index contributed by atoms with van der Waals surface area (Å²) < 4.78 is 16.7. The summed E-state index contributed by atoms with van der Waals surface area (Å²) in [6, 6.07) is 8.82. The van der Waals surface area contributed by atoms with Gasteiger partial charge in [-0.05, 0) is 75.0 Å². The lowest BCUT2D eigenvalue weighted by molar-refractivity contribution is 0.0957. The Kier molecular flexibility index (Phi) is 12.7. The molecule has 0 amide bonds. The number of hydrogen-bond acceptors (Lipinski definition) is 6. The molecular formula is C28H40Cl2N2O4. The first-order valence-corrected chi connectivity index (χ1v) is 13.0. The van der Waals surface area contributed by atoms with Gasteiger partial charge < -0.3 is 24.8 Å². The standard InChI is InChI=1S/C28H39ClN2O4.ClH/c1-4-5-6-11-31-12-9-20(10-13-31)7-8-27(32)24-17-25(29)26(30)18-28(24)35-19-21-14-22(33-2)16-23(15-21)34-3;/h14-18,20H,4-13,19,30H2,1-3H3;1H. The average Bonchev–Trinajstić information content (AvgIpc) is 2.88. The molecule has 1 aliphatic rings. The van der Waals surface area contributed by atoms with Crippen LogP contribution in [0.3, 0.4) is 0 Å². The van der Waals surface area contributed by atoms with E-state index < -0.39 is 0 Å². The van der Waals surface area contributed by atoms with Crippen LogP contribution in [0, 0.1) is 5.92 Å². The van der Waals surface area contributed by atoms with Crippen molar-refractivity contribution in [2.24, 2.45) is 5.92 Å². The first-order valence-electron chi connectivity index (χ1n) is 12.6. The smallest absolute Gasteiger partial charge is 0.166 e. The molecule has 2 N–H and O–H groups in total. The van der Waals surface area contributed by atoms with Gasteiger partial charge in [0.2, 0.25) is 0 Å². The molecule has 0 saturated carbocycles. The van der Waals surface area contributed by atoms with E-state index in [0.717, 1.165) is 37.9 Å². The van der Waals surface area contributed by atoms with E-state index in [-0.39, 0.29) is 24.8 Å². The van der Waals surface area contributed by atoms with E-state index in [1.165, 1.54) is 25.8 Å². The molecule has 1 saturated heterocycles.